The number of benzene rings is 1. The Balaban J connectivity index is 1.61. The summed E-state index contributed by atoms with van der Waals surface area (Å²) in [5.41, 5.74) is 7.36. The van der Waals surface area contributed by atoms with E-state index in [1.165, 1.54) is 0 Å². The van der Waals surface area contributed by atoms with Crippen LogP contribution in [-0.2, 0) is 17.7 Å². The Bertz CT molecular complexity index is 1150. The third-order valence-corrected chi connectivity index (χ3v) is 6.03. The maximum atomic E-state index is 11.2. The lowest BCUT2D eigenvalue weighted by molar-refractivity contribution is 0.0303. The number of nitrogens with zero attached hydrogens (tertiary/aromatic N) is 5. The number of primary amides is 1. The molecular weight excluding hydrogens is 412 g/mol. The van der Waals surface area contributed by atoms with Crippen LogP contribution in [-0.4, -0.2) is 62.9 Å². The molecule has 5 rings (SSSR count). The zero-order chi connectivity index (χ0) is 22.2. The van der Waals surface area contributed by atoms with Gasteiger partial charge in [-0.05, 0) is 49.9 Å². The van der Waals surface area contributed by atoms with Gasteiger partial charge in [0.05, 0.1) is 23.8 Å². The molecule has 32 heavy (non-hydrogen) atoms. The zero-order valence-electron chi connectivity index (χ0n) is 17.9. The molecule has 2 aliphatic heterocycles. The molecular formula is C22H26N6O4. The number of hydrogen-bond acceptors (Lipinski definition) is 8. The average Bonchev–Trinajstić information content (AvgIpc) is 3.35. The number of nitrogens with two attached hydrogens (primary N) is 1. The summed E-state index contributed by atoms with van der Waals surface area (Å²) in [4.78, 5) is 23.3. The van der Waals surface area contributed by atoms with Gasteiger partial charge in [-0.1, -0.05) is 0 Å². The van der Waals surface area contributed by atoms with Crippen LogP contribution in [0.25, 0.3) is 22.4 Å². The second-order valence-electron chi connectivity index (χ2n) is 8.15. The van der Waals surface area contributed by atoms with Gasteiger partial charge in [-0.25, -0.2) is 19.4 Å². The second kappa shape index (κ2) is 8.36. The molecule has 2 atom stereocenters. The van der Waals surface area contributed by atoms with Crippen molar-refractivity contribution >= 4 is 22.9 Å². The lowest BCUT2D eigenvalue weighted by Crippen LogP contribution is -2.43. The summed E-state index contributed by atoms with van der Waals surface area (Å²) in [7, 11) is 0. The Morgan fingerprint density at radius 3 is 2.75 bits per heavy atom. The van der Waals surface area contributed by atoms with Crippen LogP contribution in [0.15, 0.2) is 24.4 Å². The SMILES string of the molecule is CCn1ncc2c(N3CC4CCC(C3)O4)nc(-c3ccc(OC(N)=O)c(CCO)c3)nc21. The second-order valence-corrected chi connectivity index (χ2v) is 8.15. The molecule has 2 aromatic heterocycles. The van der Waals surface area contributed by atoms with E-state index in [-0.39, 0.29) is 18.8 Å². The number of ether oxygens (including phenoxy) is 2. The number of hydrogen-bond donors (Lipinski definition) is 2. The summed E-state index contributed by atoms with van der Waals surface area (Å²) in [6.07, 6.45) is 3.84. The lowest BCUT2D eigenvalue weighted by atomic mass is 10.1. The van der Waals surface area contributed by atoms with Gasteiger partial charge in [0, 0.05) is 31.8 Å². The molecule has 10 heteroatoms. The van der Waals surface area contributed by atoms with Crippen LogP contribution in [0.3, 0.4) is 0 Å². The number of aromatic nitrogens is 4. The van der Waals surface area contributed by atoms with E-state index >= 15 is 0 Å². The van der Waals surface area contributed by atoms with Gasteiger partial charge in [0.1, 0.15) is 11.6 Å². The molecule has 3 aromatic rings. The number of aliphatic hydroxyl groups is 1. The van der Waals surface area contributed by atoms with Crippen molar-refractivity contribution in [3.8, 4) is 17.1 Å². The van der Waals surface area contributed by atoms with Gasteiger partial charge in [0.15, 0.2) is 11.5 Å². The number of fused-ring (bicyclic) bond motifs is 3. The maximum absolute atomic E-state index is 11.2. The number of rotatable bonds is 6. The smallest absolute Gasteiger partial charge is 0.409 e. The normalized spacial score (nSPS) is 20.1. The summed E-state index contributed by atoms with van der Waals surface area (Å²) in [6, 6.07) is 5.28. The molecule has 2 unspecified atom stereocenters. The van der Waals surface area contributed by atoms with Crippen molar-refractivity contribution in [3.05, 3.63) is 30.0 Å². The number of aliphatic hydroxyl groups excluding tert-OH is 1. The molecule has 1 aromatic carbocycles. The number of carbonyl (C=O) groups is 1. The van der Waals surface area contributed by atoms with Gasteiger partial charge in [-0.15, -0.1) is 0 Å². The van der Waals surface area contributed by atoms with Crippen molar-refractivity contribution in [2.75, 3.05) is 24.6 Å². The first kappa shape index (κ1) is 20.7. The Morgan fingerprint density at radius 2 is 2.06 bits per heavy atom. The van der Waals surface area contributed by atoms with Crippen LogP contribution in [0, 0.1) is 0 Å². The largest absolute Gasteiger partial charge is 0.410 e. The van der Waals surface area contributed by atoms with E-state index in [0.717, 1.165) is 48.3 Å². The first-order chi connectivity index (χ1) is 15.6. The third-order valence-electron chi connectivity index (χ3n) is 6.03. The molecule has 168 valence electrons. The number of aryl methyl sites for hydroxylation is 1. The molecule has 2 bridgehead atoms. The van der Waals surface area contributed by atoms with Crippen LogP contribution in [0.5, 0.6) is 5.75 Å². The first-order valence-corrected chi connectivity index (χ1v) is 10.9. The number of carbonyl (C=O) groups excluding carboxylic acids is 1. The number of amides is 1. The summed E-state index contributed by atoms with van der Waals surface area (Å²) in [5.74, 6) is 1.72. The maximum Gasteiger partial charge on any atom is 0.409 e. The zero-order valence-corrected chi connectivity index (χ0v) is 17.9. The molecule has 2 saturated heterocycles. The summed E-state index contributed by atoms with van der Waals surface area (Å²) in [5, 5.41) is 14.9. The van der Waals surface area contributed by atoms with E-state index in [2.05, 4.69) is 10.00 Å². The van der Waals surface area contributed by atoms with Gasteiger partial charge in [-0.2, -0.15) is 5.10 Å². The highest BCUT2D eigenvalue weighted by atomic mass is 16.5. The first-order valence-electron chi connectivity index (χ1n) is 10.9. The lowest BCUT2D eigenvalue weighted by Gasteiger charge is -2.33. The van der Waals surface area contributed by atoms with Gasteiger partial charge in [0.2, 0.25) is 0 Å². The molecule has 2 aliphatic rings. The fraction of sp³-hybridized carbons (Fsp3) is 0.455. The van der Waals surface area contributed by atoms with Crippen molar-refractivity contribution in [1.29, 1.82) is 0 Å². The molecule has 0 radical (unpaired) electrons. The Morgan fingerprint density at radius 1 is 1.28 bits per heavy atom. The minimum atomic E-state index is -0.898. The van der Waals surface area contributed by atoms with Crippen molar-refractivity contribution in [2.24, 2.45) is 5.73 Å². The van der Waals surface area contributed by atoms with Crippen LogP contribution in [0.4, 0.5) is 10.6 Å². The summed E-state index contributed by atoms with van der Waals surface area (Å²) < 4.78 is 13.0. The number of anilines is 1. The average molecular weight is 438 g/mol. The van der Waals surface area contributed by atoms with Crippen molar-refractivity contribution in [2.45, 2.75) is 44.9 Å². The topological polar surface area (TPSA) is 129 Å². The van der Waals surface area contributed by atoms with Crippen LogP contribution >= 0.6 is 0 Å². The van der Waals surface area contributed by atoms with Crippen molar-refractivity contribution < 1.29 is 19.4 Å². The van der Waals surface area contributed by atoms with Crippen LogP contribution in [0.1, 0.15) is 25.3 Å². The molecule has 0 spiro atoms. The molecule has 2 fully saturated rings. The summed E-state index contributed by atoms with van der Waals surface area (Å²) in [6.45, 7) is 4.21. The number of morpholine rings is 1. The predicted octanol–water partition coefficient (Wildman–Crippen LogP) is 1.87. The third kappa shape index (κ3) is 3.76. The van der Waals surface area contributed by atoms with E-state index < -0.39 is 6.09 Å². The Hall–Kier alpha value is -3.24. The monoisotopic (exact) mass is 438 g/mol. The Kier molecular flexibility index (Phi) is 5.40. The van der Waals surface area contributed by atoms with Gasteiger partial charge in [0.25, 0.3) is 0 Å². The van der Waals surface area contributed by atoms with E-state index in [4.69, 9.17) is 25.2 Å². The predicted molar refractivity (Wildman–Crippen MR) is 118 cm³/mol. The molecule has 10 nitrogen and oxygen atoms in total. The van der Waals surface area contributed by atoms with Gasteiger partial charge < -0.3 is 25.2 Å². The minimum absolute atomic E-state index is 0.0944. The minimum Gasteiger partial charge on any atom is -0.410 e. The molecule has 0 aliphatic carbocycles. The Labute approximate surface area is 185 Å². The van der Waals surface area contributed by atoms with Crippen LogP contribution < -0.4 is 15.4 Å². The van der Waals surface area contributed by atoms with Crippen LogP contribution in [0.2, 0.25) is 0 Å². The highest BCUT2D eigenvalue weighted by Gasteiger charge is 2.35. The van der Waals surface area contributed by atoms with Crippen molar-refractivity contribution in [3.63, 3.8) is 0 Å². The van der Waals surface area contributed by atoms with E-state index in [1.807, 2.05) is 23.9 Å². The van der Waals surface area contributed by atoms with Crippen molar-refractivity contribution in [1.82, 2.24) is 19.7 Å². The van der Waals surface area contributed by atoms with Gasteiger partial charge >= 0.3 is 6.09 Å². The highest BCUT2D eigenvalue weighted by molar-refractivity contribution is 5.89. The standard InChI is InChI=1S/C22H26N6O4/c1-2-28-21-17(10-24-28)20(27-11-15-4-5-16(12-27)31-15)25-19(26-21)14-3-6-18(32-22(23)30)13(9-14)7-8-29/h3,6,9-10,15-16,29H,2,4-5,7-8,11-12H2,1H3,(H2,23,30). The molecule has 4 heterocycles. The molecule has 0 saturated carbocycles. The van der Waals surface area contributed by atoms with E-state index in [0.29, 0.717) is 30.1 Å². The van der Waals surface area contributed by atoms with Gasteiger partial charge in [-0.3, -0.25) is 0 Å². The molecule has 3 N–H and O–H groups in total. The fourth-order valence-corrected chi connectivity index (χ4v) is 4.57. The quantitative estimate of drug-likeness (QED) is 0.597. The van der Waals surface area contributed by atoms with E-state index in [9.17, 15) is 9.90 Å². The van der Waals surface area contributed by atoms with E-state index in [1.54, 1.807) is 12.1 Å². The molecule has 1 amide bonds. The summed E-state index contributed by atoms with van der Waals surface area (Å²) >= 11 is 0. The highest BCUT2D eigenvalue weighted by Crippen LogP contribution is 2.34. The fourth-order valence-electron chi connectivity index (χ4n) is 4.57.